The van der Waals surface area contributed by atoms with Crippen molar-refractivity contribution in [3.8, 4) is 0 Å². The molecule has 6 nitrogen and oxygen atoms in total. The summed E-state index contributed by atoms with van der Waals surface area (Å²) in [5.41, 5.74) is 0. The van der Waals surface area contributed by atoms with Crippen LogP contribution < -0.4 is 0 Å². The van der Waals surface area contributed by atoms with E-state index >= 15 is 0 Å². The lowest BCUT2D eigenvalue weighted by Gasteiger charge is -2.28. The van der Waals surface area contributed by atoms with Gasteiger partial charge in [0.15, 0.2) is 0 Å². The third-order valence-electron chi connectivity index (χ3n) is 5.89. The summed E-state index contributed by atoms with van der Waals surface area (Å²) >= 11 is 0. The number of hydrogen-bond acceptors (Lipinski definition) is 4. The summed E-state index contributed by atoms with van der Waals surface area (Å²) < 4.78 is 11.2. The number of carbonyl (C=O) groups is 2. The van der Waals surface area contributed by atoms with Crippen LogP contribution in [0.3, 0.4) is 0 Å². The molecule has 0 spiro atoms. The number of carbonyl (C=O) groups excluding carboxylic acids is 2. The van der Waals surface area contributed by atoms with Gasteiger partial charge in [0.05, 0.1) is 25.5 Å². The van der Waals surface area contributed by atoms with E-state index in [0.717, 1.165) is 44.5 Å². The fraction of sp³-hybridized carbons (Fsp3) is 0.760. The molecule has 1 unspecified atom stereocenters. The second-order valence-corrected chi connectivity index (χ2v) is 8.68. The van der Waals surface area contributed by atoms with Crippen molar-refractivity contribution in [1.29, 1.82) is 0 Å². The van der Waals surface area contributed by atoms with Gasteiger partial charge in [-0.1, -0.05) is 52.4 Å². The molecule has 1 aliphatic heterocycles. The highest BCUT2D eigenvalue weighted by atomic mass is 16.5. The number of amides is 2. The predicted octanol–water partition coefficient (Wildman–Crippen LogP) is 5.17. The maximum Gasteiger partial charge on any atom is 0.242 e. The monoisotopic (exact) mass is 434 g/mol. The van der Waals surface area contributed by atoms with Crippen LogP contribution in [0.25, 0.3) is 0 Å². The molecular weight excluding hydrogens is 392 g/mol. The van der Waals surface area contributed by atoms with E-state index in [4.69, 9.17) is 9.15 Å². The van der Waals surface area contributed by atoms with Gasteiger partial charge in [-0.2, -0.15) is 0 Å². The van der Waals surface area contributed by atoms with Crippen LogP contribution in [0.1, 0.15) is 90.2 Å². The first-order valence-electron chi connectivity index (χ1n) is 12.3. The van der Waals surface area contributed by atoms with Crippen LogP contribution in [0.4, 0.5) is 0 Å². The minimum absolute atomic E-state index is 0.0340. The summed E-state index contributed by atoms with van der Waals surface area (Å²) in [6.45, 7) is 6.74. The molecule has 2 rings (SSSR count). The van der Waals surface area contributed by atoms with Crippen LogP contribution in [-0.4, -0.2) is 54.0 Å². The zero-order valence-electron chi connectivity index (χ0n) is 19.7. The Balaban J connectivity index is 1.85. The number of unbranched alkanes of at least 4 members (excludes halogenated alkanes) is 6. The summed E-state index contributed by atoms with van der Waals surface area (Å²) in [5, 5.41) is 0. The van der Waals surface area contributed by atoms with E-state index < -0.39 is 0 Å². The Hall–Kier alpha value is -1.82. The quantitative estimate of drug-likeness (QED) is 0.337. The van der Waals surface area contributed by atoms with Crippen molar-refractivity contribution < 1.29 is 18.7 Å². The van der Waals surface area contributed by atoms with Crippen molar-refractivity contribution in [2.24, 2.45) is 0 Å². The van der Waals surface area contributed by atoms with Gasteiger partial charge in [0.2, 0.25) is 11.8 Å². The van der Waals surface area contributed by atoms with Crippen molar-refractivity contribution in [3.63, 3.8) is 0 Å². The summed E-state index contributed by atoms with van der Waals surface area (Å²) in [6, 6.07) is 3.71. The molecule has 1 aromatic rings. The molecule has 1 aliphatic rings. The Morgan fingerprint density at radius 3 is 2.42 bits per heavy atom. The molecule has 0 radical (unpaired) electrons. The van der Waals surface area contributed by atoms with Crippen molar-refractivity contribution in [1.82, 2.24) is 9.80 Å². The molecule has 2 heterocycles. The van der Waals surface area contributed by atoms with Gasteiger partial charge in [0.25, 0.3) is 0 Å². The average molecular weight is 435 g/mol. The number of nitrogens with zero attached hydrogens (tertiary/aromatic N) is 2. The lowest BCUT2D eigenvalue weighted by atomic mass is 10.1. The highest BCUT2D eigenvalue weighted by molar-refractivity contribution is 5.84. The van der Waals surface area contributed by atoms with Crippen molar-refractivity contribution >= 4 is 11.8 Å². The fourth-order valence-corrected chi connectivity index (χ4v) is 4.10. The van der Waals surface area contributed by atoms with Crippen LogP contribution in [0.15, 0.2) is 22.8 Å². The molecule has 176 valence electrons. The van der Waals surface area contributed by atoms with E-state index in [1.807, 2.05) is 19.1 Å². The SMILES string of the molecule is CCCCCCCCCC(=O)N(CCC)CC(=O)N(Cc1ccco1)CC1CCCO1. The maximum atomic E-state index is 13.2. The van der Waals surface area contributed by atoms with Gasteiger partial charge in [-0.05, 0) is 37.8 Å². The second kappa shape index (κ2) is 15.1. The molecule has 1 atom stereocenters. The van der Waals surface area contributed by atoms with E-state index in [0.29, 0.717) is 26.1 Å². The lowest BCUT2D eigenvalue weighted by molar-refractivity contribution is -0.142. The third kappa shape index (κ3) is 9.90. The van der Waals surface area contributed by atoms with Crippen LogP contribution >= 0.6 is 0 Å². The van der Waals surface area contributed by atoms with Crippen LogP contribution in [0.5, 0.6) is 0 Å². The summed E-state index contributed by atoms with van der Waals surface area (Å²) in [6.07, 6.45) is 13.4. The molecule has 1 aromatic heterocycles. The van der Waals surface area contributed by atoms with Crippen LogP contribution in [0.2, 0.25) is 0 Å². The molecule has 0 aromatic carbocycles. The van der Waals surface area contributed by atoms with Crippen LogP contribution in [-0.2, 0) is 20.9 Å². The normalized spacial score (nSPS) is 15.9. The lowest BCUT2D eigenvalue weighted by Crippen LogP contribution is -2.45. The van der Waals surface area contributed by atoms with Crippen molar-refractivity contribution in [2.75, 3.05) is 26.2 Å². The van der Waals surface area contributed by atoms with Crippen LogP contribution in [0, 0.1) is 0 Å². The van der Waals surface area contributed by atoms with Gasteiger partial charge < -0.3 is 19.0 Å². The highest BCUT2D eigenvalue weighted by Gasteiger charge is 2.26. The minimum Gasteiger partial charge on any atom is -0.467 e. The van der Waals surface area contributed by atoms with E-state index in [1.54, 1.807) is 16.1 Å². The number of hydrogen-bond donors (Lipinski definition) is 0. The summed E-state index contributed by atoms with van der Waals surface area (Å²) in [4.78, 5) is 29.5. The van der Waals surface area contributed by atoms with Gasteiger partial charge >= 0.3 is 0 Å². The molecule has 2 amide bonds. The number of rotatable bonds is 16. The highest BCUT2D eigenvalue weighted by Crippen LogP contribution is 2.16. The zero-order valence-corrected chi connectivity index (χ0v) is 19.7. The van der Waals surface area contributed by atoms with E-state index in [1.165, 1.54) is 32.1 Å². The topological polar surface area (TPSA) is 63.0 Å². The first-order chi connectivity index (χ1) is 15.1. The third-order valence-corrected chi connectivity index (χ3v) is 5.89. The predicted molar refractivity (Wildman–Crippen MR) is 123 cm³/mol. The largest absolute Gasteiger partial charge is 0.467 e. The Bertz CT molecular complexity index is 611. The first kappa shape index (κ1) is 25.4. The van der Waals surface area contributed by atoms with Gasteiger partial charge in [-0.3, -0.25) is 9.59 Å². The molecule has 6 heteroatoms. The second-order valence-electron chi connectivity index (χ2n) is 8.68. The smallest absolute Gasteiger partial charge is 0.242 e. The molecule has 0 N–H and O–H groups in total. The van der Waals surface area contributed by atoms with Gasteiger partial charge in [-0.25, -0.2) is 0 Å². The summed E-state index contributed by atoms with van der Waals surface area (Å²) in [7, 11) is 0. The first-order valence-corrected chi connectivity index (χ1v) is 12.3. The average Bonchev–Trinajstić information content (AvgIpc) is 3.46. The van der Waals surface area contributed by atoms with Crippen molar-refractivity contribution in [3.05, 3.63) is 24.2 Å². The van der Waals surface area contributed by atoms with Gasteiger partial charge in [0.1, 0.15) is 5.76 Å². The molecule has 1 saturated heterocycles. The number of ether oxygens (including phenoxy) is 1. The Labute approximate surface area is 188 Å². The molecule has 0 aliphatic carbocycles. The van der Waals surface area contributed by atoms with E-state index in [9.17, 15) is 9.59 Å². The summed E-state index contributed by atoms with van der Waals surface area (Å²) in [5.74, 6) is 0.815. The Morgan fingerprint density at radius 2 is 1.77 bits per heavy atom. The standard InChI is InChI=1S/C25H42N2O4/c1-3-5-6-7-8-9-10-15-24(28)26(16-4-2)21-25(29)27(19-22-13-11-17-30-22)20-23-14-12-18-31-23/h11,13,17,23H,3-10,12,14-16,18-21H2,1-2H3. The van der Waals surface area contributed by atoms with Gasteiger partial charge in [-0.15, -0.1) is 0 Å². The molecule has 0 bridgehead atoms. The zero-order chi connectivity index (χ0) is 22.3. The molecule has 31 heavy (non-hydrogen) atoms. The minimum atomic E-state index is -0.0340. The molecule has 0 saturated carbocycles. The molecular formula is C25H42N2O4. The van der Waals surface area contributed by atoms with Crippen molar-refractivity contribution in [2.45, 2.75) is 97.1 Å². The van der Waals surface area contributed by atoms with Gasteiger partial charge in [0, 0.05) is 26.1 Å². The number of furan rings is 1. The van der Waals surface area contributed by atoms with E-state index in [-0.39, 0.29) is 24.5 Å². The van der Waals surface area contributed by atoms with E-state index in [2.05, 4.69) is 6.92 Å². The maximum absolute atomic E-state index is 13.2. The Morgan fingerprint density at radius 1 is 1.00 bits per heavy atom. The Kier molecular flexibility index (Phi) is 12.4. The fourth-order valence-electron chi connectivity index (χ4n) is 4.10. The molecule has 1 fully saturated rings.